The number of nitrogens with zero attached hydrogens (tertiary/aromatic N) is 6. The van der Waals surface area contributed by atoms with E-state index in [0.29, 0.717) is 35.3 Å². The number of hydrogen-bond donors (Lipinski definition) is 1. The van der Waals surface area contributed by atoms with Gasteiger partial charge < -0.3 is 19.4 Å². The summed E-state index contributed by atoms with van der Waals surface area (Å²) in [6, 6.07) is 5.72. The van der Waals surface area contributed by atoms with E-state index in [1.807, 2.05) is 16.7 Å². The molecule has 1 aliphatic heterocycles. The van der Waals surface area contributed by atoms with Crippen LogP contribution in [-0.4, -0.2) is 49.8 Å². The maximum Gasteiger partial charge on any atom is 0.253 e. The van der Waals surface area contributed by atoms with E-state index in [9.17, 15) is 4.79 Å². The maximum atomic E-state index is 12.5. The van der Waals surface area contributed by atoms with Gasteiger partial charge in [0.15, 0.2) is 0 Å². The summed E-state index contributed by atoms with van der Waals surface area (Å²) < 4.78 is 7.76. The molecule has 10 heteroatoms. The fraction of sp³-hybridized carbons (Fsp3) is 0.240. The Bertz CT molecular complexity index is 1360. The number of amides is 1. The van der Waals surface area contributed by atoms with Crippen LogP contribution in [0.15, 0.2) is 77.4 Å². The van der Waals surface area contributed by atoms with Gasteiger partial charge in [0.2, 0.25) is 5.88 Å². The molecule has 3 aromatic rings. The van der Waals surface area contributed by atoms with Crippen LogP contribution in [0.4, 0.5) is 0 Å². The molecule has 1 N–H and O–H groups in total. The van der Waals surface area contributed by atoms with Crippen LogP contribution in [-0.2, 0) is 6.61 Å². The van der Waals surface area contributed by atoms with Gasteiger partial charge in [-0.25, -0.2) is 4.98 Å². The van der Waals surface area contributed by atoms with Gasteiger partial charge >= 0.3 is 0 Å². The fourth-order valence-corrected chi connectivity index (χ4v) is 3.78. The van der Waals surface area contributed by atoms with Crippen molar-refractivity contribution in [3.8, 4) is 5.88 Å². The molecular weight excluding hydrogens is 466 g/mol. The lowest BCUT2D eigenvalue weighted by Gasteiger charge is -2.18. The highest BCUT2D eigenvalue weighted by Crippen LogP contribution is 2.39. The molecule has 9 nitrogen and oxygen atoms in total. The van der Waals surface area contributed by atoms with E-state index < -0.39 is 0 Å². The van der Waals surface area contributed by atoms with Crippen LogP contribution in [0.1, 0.15) is 40.4 Å². The Kier molecular flexibility index (Phi) is 6.58. The molecule has 5 rings (SSSR count). The number of halogens is 1. The summed E-state index contributed by atoms with van der Waals surface area (Å²) in [6.45, 7) is 4.89. The van der Waals surface area contributed by atoms with Crippen molar-refractivity contribution in [1.29, 1.82) is 0 Å². The Labute approximate surface area is 207 Å². The van der Waals surface area contributed by atoms with Crippen molar-refractivity contribution in [2.75, 3.05) is 13.1 Å². The second-order valence-corrected chi connectivity index (χ2v) is 8.76. The highest BCUT2D eigenvalue weighted by Gasteiger charge is 2.23. The van der Waals surface area contributed by atoms with Crippen molar-refractivity contribution in [2.24, 2.45) is 4.99 Å². The lowest BCUT2D eigenvalue weighted by molar-refractivity contribution is 0.0953. The first-order chi connectivity index (χ1) is 17.0. The largest absolute Gasteiger partial charge is 0.470 e. The molecular formula is C25H24ClN7O2. The number of carbonyl (C=O) groups excluding carboxylic acids is 1. The molecule has 0 bridgehead atoms. The standard InChI is InChI=1S/C25H24ClN7O2/c1-17-10-21(26)6-9-32(17)16-27-7-8-28-25(34)20-11-24(31-29-12-20)35-15-22-14-33-13-19(18-2-3-18)4-5-23(33)30-22/h4-6,9-14,16,18H,1-3,7-8,15H2,(H,28,34). The average molecular weight is 490 g/mol. The summed E-state index contributed by atoms with van der Waals surface area (Å²) in [4.78, 5) is 23.1. The zero-order chi connectivity index (χ0) is 24.2. The first-order valence-corrected chi connectivity index (χ1v) is 11.7. The molecule has 178 valence electrons. The van der Waals surface area contributed by atoms with Gasteiger partial charge in [0.1, 0.15) is 12.3 Å². The number of imidazole rings is 1. The van der Waals surface area contributed by atoms with Crippen LogP contribution in [0.2, 0.25) is 0 Å². The van der Waals surface area contributed by atoms with Gasteiger partial charge in [-0.15, -0.1) is 5.10 Å². The Morgan fingerprint density at radius 2 is 2.23 bits per heavy atom. The number of allylic oxidation sites excluding steroid dienone is 3. The van der Waals surface area contributed by atoms with E-state index in [2.05, 4.69) is 44.3 Å². The zero-order valence-electron chi connectivity index (χ0n) is 19.0. The minimum Gasteiger partial charge on any atom is -0.470 e. The number of fused-ring (bicyclic) bond motifs is 1. The van der Waals surface area contributed by atoms with Gasteiger partial charge in [0.25, 0.3) is 5.91 Å². The monoisotopic (exact) mass is 489 g/mol. The maximum absolute atomic E-state index is 12.5. The van der Waals surface area contributed by atoms with E-state index in [-0.39, 0.29) is 18.4 Å². The molecule has 0 aromatic carbocycles. The smallest absolute Gasteiger partial charge is 0.253 e. The second kappa shape index (κ2) is 10.1. The summed E-state index contributed by atoms with van der Waals surface area (Å²) in [5.41, 5.74) is 4.06. The van der Waals surface area contributed by atoms with E-state index in [1.54, 1.807) is 35.7 Å². The van der Waals surface area contributed by atoms with Crippen LogP contribution in [0, 0.1) is 0 Å². The Balaban J connectivity index is 1.11. The second-order valence-electron chi connectivity index (χ2n) is 8.33. The number of rotatable bonds is 9. The van der Waals surface area contributed by atoms with Crippen LogP contribution < -0.4 is 10.1 Å². The first-order valence-electron chi connectivity index (χ1n) is 11.3. The number of hydrogen-bond acceptors (Lipinski definition) is 6. The third kappa shape index (κ3) is 5.75. The van der Waals surface area contributed by atoms with E-state index in [4.69, 9.17) is 16.3 Å². The van der Waals surface area contributed by atoms with Crippen LogP contribution >= 0.6 is 11.6 Å². The van der Waals surface area contributed by atoms with Gasteiger partial charge in [-0.3, -0.25) is 9.79 Å². The summed E-state index contributed by atoms with van der Waals surface area (Å²) in [7, 11) is 0. The molecule has 0 radical (unpaired) electrons. The van der Waals surface area contributed by atoms with Crippen LogP contribution in [0.3, 0.4) is 0 Å². The Morgan fingerprint density at radius 1 is 1.34 bits per heavy atom. The predicted octanol–water partition coefficient (Wildman–Crippen LogP) is 3.80. The molecule has 1 amide bonds. The zero-order valence-corrected chi connectivity index (χ0v) is 19.7. The highest BCUT2D eigenvalue weighted by atomic mass is 35.5. The minimum atomic E-state index is -0.280. The molecule has 0 unspecified atom stereocenters. The molecule has 0 saturated heterocycles. The fourth-order valence-electron chi connectivity index (χ4n) is 3.60. The molecule has 0 spiro atoms. The molecule has 0 atom stereocenters. The summed E-state index contributed by atoms with van der Waals surface area (Å²) >= 11 is 5.92. The van der Waals surface area contributed by atoms with Gasteiger partial charge in [0, 0.05) is 41.9 Å². The number of aromatic nitrogens is 4. The van der Waals surface area contributed by atoms with Crippen molar-refractivity contribution in [3.05, 3.63) is 89.3 Å². The van der Waals surface area contributed by atoms with Crippen molar-refractivity contribution >= 4 is 29.5 Å². The highest BCUT2D eigenvalue weighted by molar-refractivity contribution is 6.31. The SMILES string of the molecule is C=C1C=C(Cl)C=CN1C=NCCNC(=O)c1cnnc(OCc2cn3cc(C4CC4)ccc3n2)c1. The number of carbonyl (C=O) groups is 1. The topological polar surface area (TPSA) is 97.0 Å². The van der Waals surface area contributed by atoms with Crippen molar-refractivity contribution in [3.63, 3.8) is 0 Å². The van der Waals surface area contributed by atoms with Gasteiger partial charge in [-0.1, -0.05) is 24.2 Å². The van der Waals surface area contributed by atoms with Crippen molar-refractivity contribution < 1.29 is 9.53 Å². The van der Waals surface area contributed by atoms with Gasteiger partial charge in [0.05, 0.1) is 30.3 Å². The molecule has 2 aliphatic rings. The van der Waals surface area contributed by atoms with Crippen LogP contribution in [0.5, 0.6) is 5.88 Å². The van der Waals surface area contributed by atoms with Crippen LogP contribution in [0.25, 0.3) is 5.65 Å². The molecule has 1 fully saturated rings. The summed E-state index contributed by atoms with van der Waals surface area (Å²) in [5, 5.41) is 11.3. The van der Waals surface area contributed by atoms with Gasteiger partial charge in [-0.2, -0.15) is 5.10 Å². The molecule has 3 aromatic heterocycles. The Morgan fingerprint density at radius 3 is 3.06 bits per heavy atom. The normalized spacial score (nSPS) is 15.6. The molecule has 35 heavy (non-hydrogen) atoms. The Hall–Kier alpha value is -3.98. The quantitative estimate of drug-likeness (QED) is 0.279. The third-order valence-corrected chi connectivity index (χ3v) is 5.83. The number of aliphatic imine (C=N–C) groups is 1. The third-order valence-electron chi connectivity index (χ3n) is 5.60. The number of nitrogens with one attached hydrogen (secondary N) is 1. The average Bonchev–Trinajstić information content (AvgIpc) is 3.63. The summed E-state index contributed by atoms with van der Waals surface area (Å²) in [5.74, 6) is 0.659. The lowest BCUT2D eigenvalue weighted by Crippen LogP contribution is -2.26. The van der Waals surface area contributed by atoms with Crippen molar-refractivity contribution in [2.45, 2.75) is 25.4 Å². The minimum absolute atomic E-state index is 0.228. The van der Waals surface area contributed by atoms with E-state index in [0.717, 1.165) is 11.3 Å². The van der Waals surface area contributed by atoms with Crippen molar-refractivity contribution in [1.82, 2.24) is 29.8 Å². The molecule has 4 heterocycles. The molecule has 1 saturated carbocycles. The van der Waals surface area contributed by atoms with E-state index in [1.165, 1.54) is 24.6 Å². The van der Waals surface area contributed by atoms with Gasteiger partial charge in [-0.05, 0) is 42.5 Å². The predicted molar refractivity (Wildman–Crippen MR) is 133 cm³/mol. The first kappa shape index (κ1) is 22.8. The summed E-state index contributed by atoms with van der Waals surface area (Å²) in [6.07, 6.45) is 14.9. The lowest BCUT2D eigenvalue weighted by atomic mass is 10.2. The number of ether oxygens (including phenoxy) is 1. The number of pyridine rings is 1. The van der Waals surface area contributed by atoms with E-state index >= 15 is 0 Å². The molecule has 1 aliphatic carbocycles.